The summed E-state index contributed by atoms with van der Waals surface area (Å²) in [5, 5.41) is 12.6. The summed E-state index contributed by atoms with van der Waals surface area (Å²) in [6.45, 7) is 3.38. The number of carboxylic acid groups (broad SMARTS) is 1. The summed E-state index contributed by atoms with van der Waals surface area (Å²) in [6.07, 6.45) is 1.33. The highest BCUT2D eigenvalue weighted by Crippen LogP contribution is 2.36. The Bertz CT molecular complexity index is 572. The lowest BCUT2D eigenvalue weighted by molar-refractivity contribution is -0.139. The third-order valence-corrected chi connectivity index (χ3v) is 4.65. The second-order valence-electron chi connectivity index (χ2n) is 5.87. The largest absolute Gasteiger partial charge is 0.481 e. The van der Waals surface area contributed by atoms with E-state index < -0.39 is 11.9 Å². The first-order valence-electron chi connectivity index (χ1n) is 7.46. The summed E-state index contributed by atoms with van der Waals surface area (Å²) in [7, 11) is 0. The van der Waals surface area contributed by atoms with E-state index in [1.54, 1.807) is 4.90 Å². The van der Waals surface area contributed by atoms with Crippen LogP contribution < -0.4 is 10.2 Å². The number of rotatable bonds is 2. The van der Waals surface area contributed by atoms with E-state index in [1.165, 1.54) is 0 Å². The molecule has 1 saturated heterocycles. The molecule has 2 aliphatic heterocycles. The maximum atomic E-state index is 12.8. The van der Waals surface area contributed by atoms with Crippen LogP contribution >= 0.6 is 0 Å². The van der Waals surface area contributed by atoms with E-state index in [1.807, 2.05) is 31.2 Å². The van der Waals surface area contributed by atoms with Gasteiger partial charge in [0.1, 0.15) is 0 Å². The maximum absolute atomic E-state index is 12.8. The van der Waals surface area contributed by atoms with E-state index in [-0.39, 0.29) is 17.9 Å². The zero-order valence-electron chi connectivity index (χ0n) is 12.1. The number of benzene rings is 1. The summed E-state index contributed by atoms with van der Waals surface area (Å²) >= 11 is 0. The van der Waals surface area contributed by atoms with E-state index in [0.29, 0.717) is 13.0 Å². The molecule has 0 spiro atoms. The van der Waals surface area contributed by atoms with Crippen molar-refractivity contribution < 1.29 is 14.7 Å². The standard InChI is InChI=1S/C16H20N2O3/c1-10-11(6-8-17-10)15(19)18-9-7-13(16(20)21)12-4-2-3-5-14(12)18/h2-5,10-11,13,17H,6-9H2,1H3,(H,20,21). The molecule has 1 aromatic carbocycles. The van der Waals surface area contributed by atoms with Crippen LogP contribution in [-0.2, 0) is 9.59 Å². The van der Waals surface area contributed by atoms with E-state index in [2.05, 4.69) is 5.32 Å². The van der Waals surface area contributed by atoms with E-state index in [9.17, 15) is 14.7 Å². The van der Waals surface area contributed by atoms with Gasteiger partial charge in [0.2, 0.25) is 5.91 Å². The van der Waals surface area contributed by atoms with Gasteiger partial charge in [-0.3, -0.25) is 9.59 Å². The summed E-state index contributed by atoms with van der Waals surface area (Å²) in [4.78, 5) is 26.0. The van der Waals surface area contributed by atoms with E-state index in [0.717, 1.165) is 24.2 Å². The first-order valence-corrected chi connectivity index (χ1v) is 7.46. The molecular formula is C16H20N2O3. The van der Waals surface area contributed by atoms with Crippen molar-refractivity contribution in [1.82, 2.24) is 5.32 Å². The molecule has 3 rings (SSSR count). The third kappa shape index (κ3) is 2.42. The van der Waals surface area contributed by atoms with Crippen LogP contribution in [-0.4, -0.2) is 36.1 Å². The van der Waals surface area contributed by atoms with Crippen LogP contribution in [0.4, 0.5) is 5.69 Å². The van der Waals surface area contributed by atoms with Gasteiger partial charge in [0.15, 0.2) is 0 Å². The molecule has 3 unspecified atom stereocenters. The van der Waals surface area contributed by atoms with Gasteiger partial charge in [-0.15, -0.1) is 0 Å². The highest BCUT2D eigenvalue weighted by Gasteiger charge is 2.37. The van der Waals surface area contributed by atoms with Crippen molar-refractivity contribution in [2.75, 3.05) is 18.0 Å². The van der Waals surface area contributed by atoms with Gasteiger partial charge in [-0.05, 0) is 37.9 Å². The fourth-order valence-corrected chi connectivity index (χ4v) is 3.44. The normalized spacial score (nSPS) is 28.2. The number of hydrogen-bond donors (Lipinski definition) is 2. The Morgan fingerprint density at radius 1 is 1.29 bits per heavy atom. The lowest BCUT2D eigenvalue weighted by atomic mass is 9.88. The van der Waals surface area contributed by atoms with Crippen LogP contribution in [0, 0.1) is 5.92 Å². The number of hydrogen-bond acceptors (Lipinski definition) is 3. The highest BCUT2D eigenvalue weighted by molar-refractivity contribution is 5.98. The first-order chi connectivity index (χ1) is 10.1. The molecule has 1 aromatic rings. The van der Waals surface area contributed by atoms with Crippen molar-refractivity contribution in [2.24, 2.45) is 5.92 Å². The maximum Gasteiger partial charge on any atom is 0.311 e. The van der Waals surface area contributed by atoms with Crippen molar-refractivity contribution in [3.05, 3.63) is 29.8 Å². The number of nitrogens with zero attached hydrogens (tertiary/aromatic N) is 1. The lowest BCUT2D eigenvalue weighted by Crippen LogP contribution is -2.44. The molecule has 2 heterocycles. The molecule has 1 amide bonds. The summed E-state index contributed by atoms with van der Waals surface area (Å²) < 4.78 is 0. The van der Waals surface area contributed by atoms with Gasteiger partial charge >= 0.3 is 5.97 Å². The van der Waals surface area contributed by atoms with Crippen LogP contribution in [0.3, 0.4) is 0 Å². The number of carboxylic acids is 1. The monoisotopic (exact) mass is 288 g/mol. The number of nitrogens with one attached hydrogen (secondary N) is 1. The van der Waals surface area contributed by atoms with Crippen molar-refractivity contribution in [2.45, 2.75) is 31.7 Å². The second-order valence-corrected chi connectivity index (χ2v) is 5.87. The fraction of sp³-hybridized carbons (Fsp3) is 0.500. The number of amides is 1. The van der Waals surface area contributed by atoms with Gasteiger partial charge in [-0.25, -0.2) is 0 Å². The number of fused-ring (bicyclic) bond motifs is 1. The van der Waals surface area contributed by atoms with Gasteiger partial charge in [0.05, 0.1) is 11.8 Å². The van der Waals surface area contributed by atoms with Crippen LogP contribution in [0.15, 0.2) is 24.3 Å². The molecule has 3 atom stereocenters. The smallest absolute Gasteiger partial charge is 0.311 e. The van der Waals surface area contributed by atoms with Crippen molar-refractivity contribution >= 4 is 17.6 Å². The number of para-hydroxylation sites is 1. The minimum atomic E-state index is -0.814. The zero-order chi connectivity index (χ0) is 15.0. The molecule has 5 heteroatoms. The molecule has 0 aliphatic carbocycles. The third-order valence-electron chi connectivity index (χ3n) is 4.65. The number of carbonyl (C=O) groups is 2. The quantitative estimate of drug-likeness (QED) is 0.867. The molecule has 0 radical (unpaired) electrons. The van der Waals surface area contributed by atoms with Crippen LogP contribution in [0.25, 0.3) is 0 Å². The highest BCUT2D eigenvalue weighted by atomic mass is 16.4. The van der Waals surface area contributed by atoms with Gasteiger partial charge < -0.3 is 15.3 Å². The Balaban J connectivity index is 1.92. The molecular weight excluding hydrogens is 268 g/mol. The van der Waals surface area contributed by atoms with Gasteiger partial charge in [0, 0.05) is 18.3 Å². The van der Waals surface area contributed by atoms with E-state index in [4.69, 9.17) is 0 Å². The van der Waals surface area contributed by atoms with Crippen LogP contribution in [0.5, 0.6) is 0 Å². The topological polar surface area (TPSA) is 69.6 Å². The summed E-state index contributed by atoms with van der Waals surface area (Å²) in [5.74, 6) is -1.22. The molecule has 21 heavy (non-hydrogen) atoms. The molecule has 2 aliphatic rings. The van der Waals surface area contributed by atoms with Crippen molar-refractivity contribution in [3.63, 3.8) is 0 Å². The summed E-state index contributed by atoms with van der Waals surface area (Å²) in [6, 6.07) is 7.56. The Kier molecular flexibility index (Phi) is 3.68. The minimum Gasteiger partial charge on any atom is -0.481 e. The van der Waals surface area contributed by atoms with Crippen molar-refractivity contribution in [3.8, 4) is 0 Å². The Morgan fingerprint density at radius 2 is 2.05 bits per heavy atom. The zero-order valence-corrected chi connectivity index (χ0v) is 12.1. The Hall–Kier alpha value is -1.88. The molecule has 0 aromatic heterocycles. The van der Waals surface area contributed by atoms with Gasteiger partial charge in [-0.1, -0.05) is 18.2 Å². The van der Waals surface area contributed by atoms with Crippen LogP contribution in [0.2, 0.25) is 0 Å². The summed E-state index contributed by atoms with van der Waals surface area (Å²) in [5.41, 5.74) is 1.52. The number of carbonyl (C=O) groups excluding carboxylic acids is 1. The molecule has 2 N–H and O–H groups in total. The Labute approximate surface area is 123 Å². The fourth-order valence-electron chi connectivity index (χ4n) is 3.44. The minimum absolute atomic E-state index is 0.0144. The Morgan fingerprint density at radius 3 is 2.71 bits per heavy atom. The number of anilines is 1. The lowest BCUT2D eigenvalue weighted by Gasteiger charge is -2.34. The van der Waals surface area contributed by atoms with Crippen molar-refractivity contribution in [1.29, 1.82) is 0 Å². The SMILES string of the molecule is CC1NCCC1C(=O)N1CCC(C(=O)O)c2ccccc21. The predicted molar refractivity (Wildman–Crippen MR) is 79.4 cm³/mol. The predicted octanol–water partition coefficient (Wildman–Crippen LogP) is 1.59. The first kappa shape index (κ1) is 14.1. The van der Waals surface area contributed by atoms with Gasteiger partial charge in [0.25, 0.3) is 0 Å². The molecule has 0 saturated carbocycles. The van der Waals surface area contributed by atoms with Gasteiger partial charge in [-0.2, -0.15) is 0 Å². The molecule has 0 bridgehead atoms. The van der Waals surface area contributed by atoms with E-state index >= 15 is 0 Å². The molecule has 112 valence electrons. The molecule has 1 fully saturated rings. The molecule has 5 nitrogen and oxygen atoms in total. The number of aliphatic carboxylic acids is 1. The van der Waals surface area contributed by atoms with Crippen LogP contribution in [0.1, 0.15) is 31.2 Å². The second kappa shape index (κ2) is 5.48. The average molecular weight is 288 g/mol. The average Bonchev–Trinajstić information content (AvgIpc) is 2.91.